The minimum absolute atomic E-state index is 0.00563. The van der Waals surface area contributed by atoms with Gasteiger partial charge in [-0.3, -0.25) is 4.79 Å². The number of carbonyl (C=O) groups excluding carboxylic acids is 1. The minimum Gasteiger partial charge on any atom is -0.383 e. The Balaban J connectivity index is 2.03. The topological polar surface area (TPSA) is 55.6 Å². The van der Waals surface area contributed by atoms with Crippen LogP contribution in [0.4, 0.5) is 0 Å². The van der Waals surface area contributed by atoms with Crippen LogP contribution in [0, 0.1) is 0 Å². The predicted octanol–water partition coefficient (Wildman–Crippen LogP) is 1.71. The Morgan fingerprint density at radius 3 is 2.45 bits per heavy atom. The van der Waals surface area contributed by atoms with Crippen LogP contribution in [0.2, 0.25) is 0 Å². The van der Waals surface area contributed by atoms with Gasteiger partial charge in [0.05, 0.1) is 6.61 Å². The fourth-order valence-corrected chi connectivity index (χ4v) is 2.31. The molecule has 1 aromatic rings. The van der Waals surface area contributed by atoms with Crippen molar-refractivity contribution in [1.82, 2.24) is 4.90 Å². The molecule has 1 unspecified atom stereocenters. The van der Waals surface area contributed by atoms with E-state index in [0.717, 1.165) is 24.8 Å². The van der Waals surface area contributed by atoms with Crippen molar-refractivity contribution < 1.29 is 9.53 Å². The Morgan fingerprint density at radius 1 is 1.35 bits per heavy atom. The van der Waals surface area contributed by atoms with Crippen molar-refractivity contribution in [2.75, 3.05) is 13.7 Å². The van der Waals surface area contributed by atoms with E-state index < -0.39 is 6.04 Å². The first-order valence-electron chi connectivity index (χ1n) is 7.28. The predicted molar refractivity (Wildman–Crippen MR) is 79.2 cm³/mol. The van der Waals surface area contributed by atoms with Crippen molar-refractivity contribution >= 4 is 5.91 Å². The Labute approximate surface area is 120 Å². The third kappa shape index (κ3) is 3.81. The van der Waals surface area contributed by atoms with E-state index in [2.05, 4.69) is 31.2 Å². The first kappa shape index (κ1) is 15.0. The van der Waals surface area contributed by atoms with Crippen molar-refractivity contribution in [3.8, 4) is 0 Å². The standard InChI is InChI=1S/C16H24N2O2/c1-3-12-4-6-13(7-5-12)10-18(14-8-9-14)16(19)15(17)11-20-2/h4-7,14-15H,3,8-11,17H2,1-2H3. The molecule has 4 heteroatoms. The molecular weight excluding hydrogens is 252 g/mol. The summed E-state index contributed by atoms with van der Waals surface area (Å²) in [5.74, 6) is -0.00563. The number of benzene rings is 1. The average molecular weight is 276 g/mol. The smallest absolute Gasteiger partial charge is 0.242 e. The van der Waals surface area contributed by atoms with Gasteiger partial charge in [0.1, 0.15) is 6.04 Å². The quantitative estimate of drug-likeness (QED) is 0.825. The van der Waals surface area contributed by atoms with Crippen molar-refractivity contribution in [1.29, 1.82) is 0 Å². The minimum atomic E-state index is -0.560. The number of hydrogen-bond acceptors (Lipinski definition) is 3. The zero-order valence-electron chi connectivity index (χ0n) is 12.3. The highest BCUT2D eigenvalue weighted by molar-refractivity contribution is 5.82. The lowest BCUT2D eigenvalue weighted by molar-refractivity contribution is -0.135. The van der Waals surface area contributed by atoms with Gasteiger partial charge in [0.25, 0.3) is 0 Å². The zero-order valence-corrected chi connectivity index (χ0v) is 12.3. The van der Waals surface area contributed by atoms with Crippen molar-refractivity contribution in [2.24, 2.45) is 5.73 Å². The molecule has 110 valence electrons. The highest BCUT2D eigenvalue weighted by atomic mass is 16.5. The fourth-order valence-electron chi connectivity index (χ4n) is 2.31. The summed E-state index contributed by atoms with van der Waals surface area (Å²) in [4.78, 5) is 14.3. The van der Waals surface area contributed by atoms with Gasteiger partial charge in [0, 0.05) is 19.7 Å². The van der Waals surface area contributed by atoms with Gasteiger partial charge in [-0.25, -0.2) is 0 Å². The molecule has 2 N–H and O–H groups in total. The van der Waals surface area contributed by atoms with Crippen LogP contribution in [-0.2, 0) is 22.5 Å². The maximum atomic E-state index is 12.4. The van der Waals surface area contributed by atoms with E-state index in [1.807, 2.05) is 4.90 Å². The van der Waals surface area contributed by atoms with Crippen molar-refractivity contribution in [3.63, 3.8) is 0 Å². The summed E-state index contributed by atoms with van der Waals surface area (Å²) in [5, 5.41) is 0. The number of nitrogens with zero attached hydrogens (tertiary/aromatic N) is 1. The molecule has 1 amide bonds. The summed E-state index contributed by atoms with van der Waals surface area (Å²) in [6.07, 6.45) is 3.20. The average Bonchev–Trinajstić information content (AvgIpc) is 3.29. The van der Waals surface area contributed by atoms with Gasteiger partial charge in [-0.1, -0.05) is 31.2 Å². The van der Waals surface area contributed by atoms with Crippen molar-refractivity contribution in [2.45, 2.75) is 44.8 Å². The molecule has 1 aromatic carbocycles. The lowest BCUT2D eigenvalue weighted by atomic mass is 10.1. The fraction of sp³-hybridized carbons (Fsp3) is 0.562. The summed E-state index contributed by atoms with van der Waals surface area (Å²) >= 11 is 0. The second kappa shape index (κ2) is 6.86. The summed E-state index contributed by atoms with van der Waals surface area (Å²) in [7, 11) is 1.57. The van der Waals surface area contributed by atoms with Crippen LogP contribution in [0.25, 0.3) is 0 Å². The van der Waals surface area contributed by atoms with E-state index in [4.69, 9.17) is 10.5 Å². The molecule has 20 heavy (non-hydrogen) atoms. The van der Waals surface area contributed by atoms with Crippen LogP contribution >= 0.6 is 0 Å². The van der Waals surface area contributed by atoms with Gasteiger partial charge < -0.3 is 15.4 Å². The summed E-state index contributed by atoms with van der Waals surface area (Å²) < 4.78 is 4.98. The summed E-state index contributed by atoms with van der Waals surface area (Å²) in [6.45, 7) is 3.06. The van der Waals surface area contributed by atoms with Crippen LogP contribution in [0.5, 0.6) is 0 Å². The molecule has 0 aromatic heterocycles. The highest BCUT2D eigenvalue weighted by Crippen LogP contribution is 2.29. The van der Waals surface area contributed by atoms with E-state index in [1.54, 1.807) is 7.11 Å². The largest absolute Gasteiger partial charge is 0.383 e. The number of hydrogen-bond donors (Lipinski definition) is 1. The number of ether oxygens (including phenoxy) is 1. The van der Waals surface area contributed by atoms with E-state index in [-0.39, 0.29) is 12.5 Å². The number of amides is 1. The van der Waals surface area contributed by atoms with Crippen molar-refractivity contribution in [3.05, 3.63) is 35.4 Å². The molecule has 0 aliphatic heterocycles. The number of aryl methyl sites for hydroxylation is 1. The van der Waals surface area contributed by atoms with Gasteiger partial charge in [0.15, 0.2) is 0 Å². The summed E-state index contributed by atoms with van der Waals surface area (Å²) in [5.41, 5.74) is 8.35. The third-order valence-electron chi connectivity index (χ3n) is 3.72. The second-order valence-electron chi connectivity index (χ2n) is 5.43. The Morgan fingerprint density at radius 2 is 1.95 bits per heavy atom. The molecule has 1 aliphatic carbocycles. The van der Waals surface area contributed by atoms with E-state index >= 15 is 0 Å². The molecule has 2 rings (SSSR count). The first-order chi connectivity index (χ1) is 9.65. The number of methoxy groups -OCH3 is 1. The third-order valence-corrected chi connectivity index (χ3v) is 3.72. The maximum Gasteiger partial charge on any atom is 0.242 e. The molecule has 0 spiro atoms. The molecule has 1 saturated carbocycles. The van der Waals surface area contributed by atoms with Gasteiger partial charge in [-0.2, -0.15) is 0 Å². The van der Waals surface area contributed by atoms with E-state index in [0.29, 0.717) is 12.6 Å². The van der Waals surface area contributed by atoms with Crippen LogP contribution in [0.1, 0.15) is 30.9 Å². The van der Waals surface area contributed by atoms with E-state index in [1.165, 1.54) is 5.56 Å². The van der Waals surface area contributed by atoms with Crippen LogP contribution in [0.3, 0.4) is 0 Å². The molecule has 1 atom stereocenters. The molecule has 0 heterocycles. The lowest BCUT2D eigenvalue weighted by Crippen LogP contribution is -2.46. The van der Waals surface area contributed by atoms with Gasteiger partial charge in [-0.05, 0) is 30.4 Å². The molecule has 0 saturated heterocycles. The van der Waals surface area contributed by atoms with Gasteiger partial charge in [-0.15, -0.1) is 0 Å². The van der Waals surface area contributed by atoms with E-state index in [9.17, 15) is 4.79 Å². The summed E-state index contributed by atoms with van der Waals surface area (Å²) in [6, 6.07) is 8.25. The number of carbonyl (C=O) groups is 1. The Hall–Kier alpha value is -1.39. The molecule has 0 bridgehead atoms. The first-order valence-corrected chi connectivity index (χ1v) is 7.28. The lowest BCUT2D eigenvalue weighted by Gasteiger charge is -2.25. The monoisotopic (exact) mass is 276 g/mol. The zero-order chi connectivity index (χ0) is 14.5. The van der Waals surface area contributed by atoms with Gasteiger partial charge >= 0.3 is 0 Å². The molecule has 4 nitrogen and oxygen atoms in total. The normalized spacial score (nSPS) is 15.9. The van der Waals surface area contributed by atoms with Crippen LogP contribution < -0.4 is 5.73 Å². The van der Waals surface area contributed by atoms with Crippen LogP contribution in [-0.4, -0.2) is 36.6 Å². The van der Waals surface area contributed by atoms with Gasteiger partial charge in [0.2, 0.25) is 5.91 Å². The Bertz CT molecular complexity index is 440. The Kier molecular flexibility index (Phi) is 5.15. The molecule has 0 radical (unpaired) electrons. The molecule has 1 aliphatic rings. The maximum absolute atomic E-state index is 12.4. The SMILES string of the molecule is CCc1ccc(CN(C(=O)C(N)COC)C2CC2)cc1. The second-order valence-corrected chi connectivity index (χ2v) is 5.43. The van der Waals surface area contributed by atoms with Crippen LogP contribution in [0.15, 0.2) is 24.3 Å². The number of nitrogens with two attached hydrogens (primary N) is 1. The number of rotatable bonds is 7. The molecule has 1 fully saturated rings. The molecular formula is C16H24N2O2. The highest BCUT2D eigenvalue weighted by Gasteiger charge is 2.34.